The zero-order chi connectivity index (χ0) is 17.1. The van der Waals surface area contributed by atoms with Crippen molar-refractivity contribution in [1.29, 1.82) is 0 Å². The molecule has 0 amide bonds. The molecular formula is C24H25N. The van der Waals surface area contributed by atoms with Crippen molar-refractivity contribution in [2.24, 2.45) is 0 Å². The number of hydrogen-bond donors (Lipinski definition) is 0. The Morgan fingerprint density at radius 2 is 1.48 bits per heavy atom. The van der Waals surface area contributed by atoms with Gasteiger partial charge in [-0.3, -0.25) is 4.98 Å². The van der Waals surface area contributed by atoms with Gasteiger partial charge in [0.05, 0.1) is 5.69 Å². The van der Waals surface area contributed by atoms with E-state index in [4.69, 9.17) is 4.98 Å². The largest absolute Gasteiger partial charge is 0.256 e. The smallest absolute Gasteiger partial charge is 0.0705 e. The lowest BCUT2D eigenvalue weighted by Gasteiger charge is -2.24. The van der Waals surface area contributed by atoms with Crippen LogP contribution in [0.5, 0.6) is 0 Å². The number of aryl methyl sites for hydroxylation is 1. The normalized spacial score (nSPS) is 15.2. The Balaban J connectivity index is 1.70. The van der Waals surface area contributed by atoms with Gasteiger partial charge in [0.2, 0.25) is 0 Å². The molecule has 0 radical (unpaired) electrons. The maximum absolute atomic E-state index is 4.74. The summed E-state index contributed by atoms with van der Waals surface area (Å²) in [6, 6.07) is 21.7. The Morgan fingerprint density at radius 1 is 0.760 bits per heavy atom. The van der Waals surface area contributed by atoms with Crippen molar-refractivity contribution >= 4 is 0 Å². The molecule has 25 heavy (non-hydrogen) atoms. The Hall–Kier alpha value is -2.41. The molecular weight excluding hydrogens is 302 g/mol. The quantitative estimate of drug-likeness (QED) is 0.517. The van der Waals surface area contributed by atoms with Crippen LogP contribution < -0.4 is 0 Å². The second-order valence-corrected chi connectivity index (χ2v) is 7.21. The van der Waals surface area contributed by atoms with Crippen molar-refractivity contribution < 1.29 is 0 Å². The van der Waals surface area contributed by atoms with E-state index in [0.29, 0.717) is 5.92 Å². The van der Waals surface area contributed by atoms with E-state index in [1.807, 2.05) is 0 Å². The lowest BCUT2D eigenvalue weighted by Crippen LogP contribution is -2.07. The first-order valence-corrected chi connectivity index (χ1v) is 9.44. The van der Waals surface area contributed by atoms with Crippen molar-refractivity contribution in [3.8, 4) is 22.4 Å². The molecule has 1 saturated carbocycles. The molecule has 126 valence electrons. The van der Waals surface area contributed by atoms with Crippen molar-refractivity contribution in [2.75, 3.05) is 0 Å². The van der Waals surface area contributed by atoms with Crippen molar-refractivity contribution in [3.05, 3.63) is 78.0 Å². The molecule has 1 aliphatic carbocycles. The Kier molecular flexibility index (Phi) is 4.65. The van der Waals surface area contributed by atoms with Gasteiger partial charge in [-0.1, -0.05) is 67.8 Å². The average molecular weight is 327 g/mol. The Labute approximate surface area is 150 Å². The maximum Gasteiger partial charge on any atom is 0.0705 e. The summed E-state index contributed by atoms with van der Waals surface area (Å²) in [5.74, 6) is 0.716. The highest BCUT2D eigenvalue weighted by Gasteiger charge is 2.18. The van der Waals surface area contributed by atoms with E-state index < -0.39 is 0 Å². The highest BCUT2D eigenvalue weighted by atomic mass is 14.7. The maximum atomic E-state index is 4.74. The first-order chi connectivity index (χ1) is 12.3. The van der Waals surface area contributed by atoms with Crippen LogP contribution in [0.2, 0.25) is 0 Å². The number of hydrogen-bond acceptors (Lipinski definition) is 1. The molecule has 0 saturated heterocycles. The fourth-order valence-electron chi connectivity index (χ4n) is 4.04. The molecule has 0 atom stereocenters. The molecule has 0 unspecified atom stereocenters. The third kappa shape index (κ3) is 3.51. The van der Waals surface area contributed by atoms with Gasteiger partial charge in [0.15, 0.2) is 0 Å². The van der Waals surface area contributed by atoms with Crippen LogP contribution in [0, 0.1) is 6.92 Å². The molecule has 0 aliphatic heterocycles. The van der Waals surface area contributed by atoms with Gasteiger partial charge < -0.3 is 0 Å². The predicted molar refractivity (Wildman–Crippen MR) is 106 cm³/mol. The molecule has 1 heteroatoms. The fourth-order valence-corrected chi connectivity index (χ4v) is 4.04. The zero-order valence-electron chi connectivity index (χ0n) is 14.9. The lowest BCUT2D eigenvalue weighted by atomic mass is 9.82. The van der Waals surface area contributed by atoms with Gasteiger partial charge in [0, 0.05) is 11.8 Å². The van der Waals surface area contributed by atoms with Crippen molar-refractivity contribution in [3.63, 3.8) is 0 Å². The van der Waals surface area contributed by atoms with Crippen LogP contribution in [-0.2, 0) is 0 Å². The van der Waals surface area contributed by atoms with E-state index >= 15 is 0 Å². The van der Waals surface area contributed by atoms with E-state index in [-0.39, 0.29) is 0 Å². The minimum absolute atomic E-state index is 0.716. The molecule has 1 fully saturated rings. The second-order valence-electron chi connectivity index (χ2n) is 7.21. The highest BCUT2D eigenvalue weighted by Crippen LogP contribution is 2.36. The van der Waals surface area contributed by atoms with Gasteiger partial charge >= 0.3 is 0 Å². The Bertz CT molecular complexity index is 845. The minimum atomic E-state index is 0.716. The third-order valence-corrected chi connectivity index (χ3v) is 5.46. The van der Waals surface area contributed by atoms with Crippen molar-refractivity contribution in [1.82, 2.24) is 4.98 Å². The number of pyridine rings is 1. The molecule has 0 spiro atoms. The van der Waals surface area contributed by atoms with Gasteiger partial charge in [-0.2, -0.15) is 0 Å². The van der Waals surface area contributed by atoms with Gasteiger partial charge in [-0.15, -0.1) is 0 Å². The standard InChI is InChI=1S/C24H25N/c1-18-17-25-24(16-23(18)20-11-6-3-7-12-20)22-14-8-13-21(15-22)19-9-4-2-5-10-19/h2,4-5,8-10,13-17,20H,3,6-7,11-12H2,1H3. The monoisotopic (exact) mass is 327 g/mol. The van der Waals surface area contributed by atoms with Crippen LogP contribution in [-0.4, -0.2) is 4.98 Å². The lowest BCUT2D eigenvalue weighted by molar-refractivity contribution is 0.442. The van der Waals surface area contributed by atoms with Gasteiger partial charge in [0.25, 0.3) is 0 Å². The number of benzene rings is 2. The summed E-state index contributed by atoms with van der Waals surface area (Å²) in [7, 11) is 0. The van der Waals surface area contributed by atoms with Crippen LogP contribution in [0.1, 0.15) is 49.1 Å². The summed E-state index contributed by atoms with van der Waals surface area (Å²) >= 11 is 0. The number of rotatable bonds is 3. The van der Waals surface area contributed by atoms with E-state index in [9.17, 15) is 0 Å². The first kappa shape index (κ1) is 16.1. The molecule has 2 aromatic carbocycles. The van der Waals surface area contributed by atoms with Crippen molar-refractivity contribution in [2.45, 2.75) is 44.9 Å². The van der Waals surface area contributed by atoms with Crippen LogP contribution in [0.15, 0.2) is 66.9 Å². The molecule has 3 aromatic rings. The molecule has 0 bridgehead atoms. The number of aromatic nitrogens is 1. The average Bonchev–Trinajstić information content (AvgIpc) is 2.70. The second kappa shape index (κ2) is 7.23. The number of nitrogens with zero attached hydrogens (tertiary/aromatic N) is 1. The highest BCUT2D eigenvalue weighted by molar-refractivity contribution is 5.71. The first-order valence-electron chi connectivity index (χ1n) is 9.44. The van der Waals surface area contributed by atoms with Gasteiger partial charge in [-0.05, 0) is 60.1 Å². The fraction of sp³-hybridized carbons (Fsp3) is 0.292. The topological polar surface area (TPSA) is 12.9 Å². The molecule has 1 heterocycles. The van der Waals surface area contributed by atoms with Crippen LogP contribution >= 0.6 is 0 Å². The molecule has 4 rings (SSSR count). The van der Waals surface area contributed by atoms with Crippen LogP contribution in [0.3, 0.4) is 0 Å². The predicted octanol–water partition coefficient (Wildman–Crippen LogP) is 6.77. The minimum Gasteiger partial charge on any atom is -0.256 e. The molecule has 1 aliphatic rings. The van der Waals surface area contributed by atoms with E-state index in [0.717, 1.165) is 5.69 Å². The summed E-state index contributed by atoms with van der Waals surface area (Å²) in [6.45, 7) is 2.21. The summed E-state index contributed by atoms with van der Waals surface area (Å²) in [5.41, 5.74) is 7.66. The third-order valence-electron chi connectivity index (χ3n) is 5.46. The van der Waals surface area contributed by atoms with E-state index in [1.54, 1.807) is 0 Å². The Morgan fingerprint density at radius 3 is 2.28 bits per heavy atom. The van der Waals surface area contributed by atoms with E-state index in [1.165, 1.54) is 59.9 Å². The van der Waals surface area contributed by atoms with Gasteiger partial charge in [0.1, 0.15) is 0 Å². The molecule has 0 N–H and O–H groups in total. The summed E-state index contributed by atoms with van der Waals surface area (Å²) in [4.78, 5) is 4.74. The van der Waals surface area contributed by atoms with Gasteiger partial charge in [-0.25, -0.2) is 0 Å². The van der Waals surface area contributed by atoms with Crippen LogP contribution in [0.25, 0.3) is 22.4 Å². The molecule has 1 nitrogen and oxygen atoms in total. The molecule has 1 aromatic heterocycles. The summed E-state index contributed by atoms with van der Waals surface area (Å²) in [6.07, 6.45) is 8.85. The summed E-state index contributed by atoms with van der Waals surface area (Å²) in [5, 5.41) is 0. The summed E-state index contributed by atoms with van der Waals surface area (Å²) < 4.78 is 0. The zero-order valence-corrected chi connectivity index (χ0v) is 14.9. The SMILES string of the molecule is Cc1cnc(-c2cccc(-c3ccccc3)c2)cc1C1CCCCC1. The van der Waals surface area contributed by atoms with E-state index in [2.05, 4.69) is 73.8 Å². The van der Waals surface area contributed by atoms with Crippen LogP contribution in [0.4, 0.5) is 0 Å².